The van der Waals surface area contributed by atoms with Gasteiger partial charge in [0.15, 0.2) is 0 Å². The summed E-state index contributed by atoms with van der Waals surface area (Å²) in [7, 11) is 0. The van der Waals surface area contributed by atoms with Crippen LogP contribution in [0.25, 0.3) is 0 Å². The highest BCUT2D eigenvalue weighted by atomic mass is 16.4. The minimum atomic E-state index is -0.628. The van der Waals surface area contributed by atoms with Gasteiger partial charge in [-0.15, -0.1) is 0 Å². The SMILES string of the molecule is CC1(C)CC(C(=O)O)CN1C1CC1. The molecule has 0 aromatic carbocycles. The van der Waals surface area contributed by atoms with Gasteiger partial charge in [-0.1, -0.05) is 0 Å². The van der Waals surface area contributed by atoms with Crippen molar-refractivity contribution in [3.8, 4) is 0 Å². The van der Waals surface area contributed by atoms with Crippen LogP contribution in [0.5, 0.6) is 0 Å². The minimum absolute atomic E-state index is 0.101. The lowest BCUT2D eigenvalue weighted by Crippen LogP contribution is -2.39. The summed E-state index contributed by atoms with van der Waals surface area (Å²) in [6.45, 7) is 5.08. The molecule has 0 aromatic rings. The van der Waals surface area contributed by atoms with E-state index in [1.165, 1.54) is 12.8 Å². The maximum absolute atomic E-state index is 10.9. The molecule has 0 spiro atoms. The van der Waals surface area contributed by atoms with Gasteiger partial charge in [0, 0.05) is 18.1 Å². The first-order valence-corrected chi connectivity index (χ1v) is 5.00. The van der Waals surface area contributed by atoms with E-state index in [-0.39, 0.29) is 11.5 Å². The molecular weight excluding hydrogens is 166 g/mol. The van der Waals surface area contributed by atoms with Gasteiger partial charge in [0.1, 0.15) is 0 Å². The normalized spacial score (nSPS) is 33.5. The van der Waals surface area contributed by atoms with Crippen molar-refractivity contribution in [3.63, 3.8) is 0 Å². The first kappa shape index (κ1) is 9.00. The lowest BCUT2D eigenvalue weighted by atomic mass is 9.96. The van der Waals surface area contributed by atoms with Gasteiger partial charge in [-0.05, 0) is 33.1 Å². The average molecular weight is 183 g/mol. The molecule has 1 saturated heterocycles. The Kier molecular flexibility index (Phi) is 1.88. The lowest BCUT2D eigenvalue weighted by Gasteiger charge is -2.31. The van der Waals surface area contributed by atoms with Gasteiger partial charge in [-0.25, -0.2) is 0 Å². The van der Waals surface area contributed by atoms with Crippen molar-refractivity contribution in [1.82, 2.24) is 4.90 Å². The quantitative estimate of drug-likeness (QED) is 0.702. The van der Waals surface area contributed by atoms with Crippen LogP contribution >= 0.6 is 0 Å². The van der Waals surface area contributed by atoms with E-state index in [9.17, 15) is 4.79 Å². The summed E-state index contributed by atoms with van der Waals surface area (Å²) < 4.78 is 0. The summed E-state index contributed by atoms with van der Waals surface area (Å²) >= 11 is 0. The second-order valence-corrected chi connectivity index (χ2v) is 4.94. The van der Waals surface area contributed by atoms with Crippen LogP contribution in [-0.2, 0) is 4.79 Å². The molecule has 0 aromatic heterocycles. The first-order chi connectivity index (χ1) is 6.00. The second kappa shape index (κ2) is 2.71. The molecule has 0 bridgehead atoms. The van der Waals surface area contributed by atoms with Crippen molar-refractivity contribution >= 4 is 5.97 Å². The van der Waals surface area contributed by atoms with E-state index in [0.717, 1.165) is 13.0 Å². The van der Waals surface area contributed by atoms with E-state index in [1.54, 1.807) is 0 Å². The Morgan fingerprint density at radius 2 is 2.08 bits per heavy atom. The molecule has 1 N–H and O–H groups in total. The van der Waals surface area contributed by atoms with Gasteiger partial charge in [-0.3, -0.25) is 9.69 Å². The lowest BCUT2D eigenvalue weighted by molar-refractivity contribution is -0.141. The molecule has 1 unspecified atom stereocenters. The van der Waals surface area contributed by atoms with Crippen LogP contribution in [0, 0.1) is 5.92 Å². The van der Waals surface area contributed by atoms with Gasteiger partial charge in [0.05, 0.1) is 5.92 Å². The Morgan fingerprint density at radius 3 is 2.46 bits per heavy atom. The Hall–Kier alpha value is -0.570. The summed E-state index contributed by atoms with van der Waals surface area (Å²) in [5.74, 6) is -0.771. The fourth-order valence-corrected chi connectivity index (χ4v) is 2.46. The molecule has 3 nitrogen and oxygen atoms in total. The van der Waals surface area contributed by atoms with Crippen LogP contribution in [0.4, 0.5) is 0 Å². The number of nitrogens with zero attached hydrogens (tertiary/aromatic N) is 1. The van der Waals surface area contributed by atoms with Crippen LogP contribution in [0.3, 0.4) is 0 Å². The summed E-state index contributed by atoms with van der Waals surface area (Å²) in [5.41, 5.74) is 0.101. The van der Waals surface area contributed by atoms with E-state index in [4.69, 9.17) is 5.11 Å². The van der Waals surface area contributed by atoms with Crippen molar-refractivity contribution in [1.29, 1.82) is 0 Å². The molecule has 1 atom stereocenters. The molecule has 2 aliphatic rings. The van der Waals surface area contributed by atoms with E-state index < -0.39 is 5.97 Å². The van der Waals surface area contributed by atoms with Crippen LogP contribution in [-0.4, -0.2) is 34.1 Å². The zero-order chi connectivity index (χ0) is 9.64. The molecule has 1 saturated carbocycles. The Balaban J connectivity index is 2.08. The first-order valence-electron chi connectivity index (χ1n) is 5.00. The fraction of sp³-hybridized carbons (Fsp3) is 0.900. The van der Waals surface area contributed by atoms with Crippen LogP contribution in [0.1, 0.15) is 33.1 Å². The number of rotatable bonds is 2. The minimum Gasteiger partial charge on any atom is -0.481 e. The van der Waals surface area contributed by atoms with Crippen molar-refractivity contribution in [2.24, 2.45) is 5.92 Å². The van der Waals surface area contributed by atoms with Gasteiger partial charge in [0.2, 0.25) is 0 Å². The summed E-state index contributed by atoms with van der Waals surface area (Å²) in [4.78, 5) is 13.2. The number of carboxylic acid groups (broad SMARTS) is 1. The molecule has 1 aliphatic carbocycles. The van der Waals surface area contributed by atoms with Crippen molar-refractivity contribution < 1.29 is 9.90 Å². The largest absolute Gasteiger partial charge is 0.481 e. The molecule has 2 rings (SSSR count). The van der Waals surface area contributed by atoms with Crippen molar-refractivity contribution in [2.75, 3.05) is 6.54 Å². The highest BCUT2D eigenvalue weighted by Crippen LogP contribution is 2.41. The number of carbonyl (C=O) groups is 1. The fourth-order valence-electron chi connectivity index (χ4n) is 2.46. The molecule has 1 aliphatic heterocycles. The molecule has 0 radical (unpaired) electrons. The van der Waals surface area contributed by atoms with Gasteiger partial charge >= 0.3 is 5.97 Å². The van der Waals surface area contributed by atoms with Gasteiger partial charge in [-0.2, -0.15) is 0 Å². The molecule has 0 amide bonds. The third-order valence-corrected chi connectivity index (χ3v) is 3.28. The second-order valence-electron chi connectivity index (χ2n) is 4.94. The summed E-state index contributed by atoms with van der Waals surface area (Å²) in [6.07, 6.45) is 3.32. The van der Waals surface area contributed by atoms with E-state index in [0.29, 0.717) is 6.04 Å². The number of carboxylic acids is 1. The number of likely N-dealkylation sites (tertiary alicyclic amines) is 1. The van der Waals surface area contributed by atoms with Crippen molar-refractivity contribution in [3.05, 3.63) is 0 Å². The predicted octanol–water partition coefficient (Wildman–Crippen LogP) is 1.33. The Morgan fingerprint density at radius 1 is 1.46 bits per heavy atom. The Bertz CT molecular complexity index is 233. The number of hydrogen-bond donors (Lipinski definition) is 1. The Labute approximate surface area is 78.7 Å². The summed E-state index contributed by atoms with van der Waals surface area (Å²) in [5, 5.41) is 8.94. The van der Waals surface area contributed by atoms with E-state index in [1.807, 2.05) is 0 Å². The summed E-state index contributed by atoms with van der Waals surface area (Å²) in [6, 6.07) is 0.680. The molecule has 74 valence electrons. The average Bonchev–Trinajstić information content (AvgIpc) is 2.76. The highest BCUT2D eigenvalue weighted by molar-refractivity contribution is 5.71. The van der Waals surface area contributed by atoms with E-state index >= 15 is 0 Å². The molecular formula is C10H17NO2. The molecule has 1 heterocycles. The third kappa shape index (κ3) is 1.57. The van der Waals surface area contributed by atoms with Gasteiger partial charge < -0.3 is 5.11 Å². The van der Waals surface area contributed by atoms with Crippen LogP contribution in [0.15, 0.2) is 0 Å². The van der Waals surface area contributed by atoms with Crippen LogP contribution in [0.2, 0.25) is 0 Å². The smallest absolute Gasteiger partial charge is 0.307 e. The van der Waals surface area contributed by atoms with Crippen molar-refractivity contribution in [2.45, 2.75) is 44.7 Å². The standard InChI is InChI=1S/C10H17NO2/c1-10(2)5-7(9(12)13)6-11(10)8-3-4-8/h7-8H,3-6H2,1-2H3,(H,12,13). The number of aliphatic carboxylic acids is 1. The zero-order valence-corrected chi connectivity index (χ0v) is 8.29. The molecule has 13 heavy (non-hydrogen) atoms. The zero-order valence-electron chi connectivity index (χ0n) is 8.29. The molecule has 3 heteroatoms. The monoisotopic (exact) mass is 183 g/mol. The maximum Gasteiger partial charge on any atom is 0.307 e. The van der Waals surface area contributed by atoms with E-state index in [2.05, 4.69) is 18.7 Å². The van der Waals surface area contributed by atoms with Gasteiger partial charge in [0.25, 0.3) is 0 Å². The maximum atomic E-state index is 10.9. The van der Waals surface area contributed by atoms with Crippen LogP contribution < -0.4 is 0 Å². The molecule has 2 fully saturated rings. The topological polar surface area (TPSA) is 40.5 Å². The third-order valence-electron chi connectivity index (χ3n) is 3.28. The number of hydrogen-bond acceptors (Lipinski definition) is 2. The highest BCUT2D eigenvalue weighted by Gasteiger charge is 2.47. The predicted molar refractivity (Wildman–Crippen MR) is 49.5 cm³/mol.